The van der Waals surface area contributed by atoms with Gasteiger partial charge in [-0.1, -0.05) is 6.07 Å². The molecular formula is C15H18N4O2S. The highest BCUT2D eigenvalue weighted by Gasteiger charge is 2.25. The van der Waals surface area contributed by atoms with Crippen molar-refractivity contribution in [1.82, 2.24) is 14.7 Å². The van der Waals surface area contributed by atoms with Crippen LogP contribution in [0.15, 0.2) is 53.8 Å². The minimum absolute atomic E-state index is 0.124. The molecule has 1 N–H and O–H groups in total. The second-order valence-electron chi connectivity index (χ2n) is 5.28. The lowest BCUT2D eigenvalue weighted by atomic mass is 10.1. The first-order chi connectivity index (χ1) is 10.6. The van der Waals surface area contributed by atoms with Crippen molar-refractivity contribution in [2.75, 3.05) is 18.0 Å². The van der Waals surface area contributed by atoms with Crippen LogP contribution in [0.3, 0.4) is 0 Å². The molecule has 1 fully saturated rings. The van der Waals surface area contributed by atoms with E-state index >= 15 is 0 Å². The molecular weight excluding hydrogens is 300 g/mol. The molecule has 0 radical (unpaired) electrons. The van der Waals surface area contributed by atoms with E-state index in [1.54, 1.807) is 24.5 Å². The molecule has 0 bridgehead atoms. The zero-order valence-electron chi connectivity index (χ0n) is 12.1. The minimum atomic E-state index is -3.53. The van der Waals surface area contributed by atoms with Crippen molar-refractivity contribution in [3.8, 4) is 0 Å². The van der Waals surface area contributed by atoms with Gasteiger partial charge in [-0.15, -0.1) is 0 Å². The number of sulfonamides is 1. The number of aromatic nitrogens is 2. The molecule has 0 spiro atoms. The van der Waals surface area contributed by atoms with Crippen LogP contribution in [0, 0.1) is 0 Å². The Kier molecular flexibility index (Phi) is 4.35. The van der Waals surface area contributed by atoms with Gasteiger partial charge in [-0.2, -0.15) is 0 Å². The molecule has 0 unspecified atom stereocenters. The Morgan fingerprint density at radius 2 is 2.09 bits per heavy atom. The highest BCUT2D eigenvalue weighted by molar-refractivity contribution is 7.89. The van der Waals surface area contributed by atoms with E-state index in [1.807, 2.05) is 18.2 Å². The van der Waals surface area contributed by atoms with Crippen molar-refractivity contribution in [2.24, 2.45) is 0 Å². The molecule has 6 nitrogen and oxygen atoms in total. The van der Waals surface area contributed by atoms with Crippen molar-refractivity contribution in [2.45, 2.75) is 23.8 Å². The molecule has 0 aliphatic carbocycles. The molecule has 0 aromatic carbocycles. The largest absolute Gasteiger partial charge is 0.355 e. The van der Waals surface area contributed by atoms with Gasteiger partial charge in [0.1, 0.15) is 10.7 Å². The topological polar surface area (TPSA) is 75.2 Å². The zero-order valence-corrected chi connectivity index (χ0v) is 12.9. The summed E-state index contributed by atoms with van der Waals surface area (Å²) >= 11 is 0. The van der Waals surface area contributed by atoms with Gasteiger partial charge in [-0.3, -0.25) is 4.98 Å². The lowest BCUT2D eigenvalue weighted by Gasteiger charge is -2.33. The van der Waals surface area contributed by atoms with Gasteiger partial charge in [0.25, 0.3) is 0 Å². The maximum atomic E-state index is 12.4. The van der Waals surface area contributed by atoms with Crippen LogP contribution < -0.4 is 9.62 Å². The summed E-state index contributed by atoms with van der Waals surface area (Å²) in [5.41, 5.74) is 0. The summed E-state index contributed by atoms with van der Waals surface area (Å²) in [5.74, 6) is 0.882. The zero-order chi connectivity index (χ0) is 15.4. The third kappa shape index (κ3) is 3.42. The van der Waals surface area contributed by atoms with E-state index in [0.29, 0.717) is 6.54 Å². The van der Waals surface area contributed by atoms with Crippen molar-refractivity contribution >= 4 is 15.8 Å². The number of anilines is 1. The molecule has 1 aliphatic rings. The van der Waals surface area contributed by atoms with Crippen LogP contribution in [-0.2, 0) is 10.0 Å². The summed E-state index contributed by atoms with van der Waals surface area (Å²) in [7, 11) is -3.53. The molecule has 1 saturated heterocycles. The van der Waals surface area contributed by atoms with Crippen LogP contribution in [-0.4, -0.2) is 37.5 Å². The summed E-state index contributed by atoms with van der Waals surface area (Å²) in [5, 5.41) is 0. The van der Waals surface area contributed by atoms with E-state index in [9.17, 15) is 8.42 Å². The first kappa shape index (κ1) is 14.9. The maximum absolute atomic E-state index is 12.4. The fourth-order valence-electron chi connectivity index (χ4n) is 2.62. The Balaban J connectivity index is 1.71. The van der Waals surface area contributed by atoms with Gasteiger partial charge >= 0.3 is 0 Å². The Labute approximate surface area is 130 Å². The van der Waals surface area contributed by atoms with E-state index in [2.05, 4.69) is 19.6 Å². The normalized spacial score (nSPS) is 19.1. The molecule has 22 heavy (non-hydrogen) atoms. The van der Waals surface area contributed by atoms with Crippen molar-refractivity contribution in [3.05, 3.63) is 48.9 Å². The fourth-order valence-corrected chi connectivity index (χ4v) is 3.84. The average Bonchev–Trinajstić information content (AvgIpc) is 2.56. The number of pyridine rings is 2. The minimum Gasteiger partial charge on any atom is -0.355 e. The molecule has 2 aromatic heterocycles. The quantitative estimate of drug-likeness (QED) is 0.923. The van der Waals surface area contributed by atoms with E-state index in [0.717, 1.165) is 25.2 Å². The standard InChI is InChI=1S/C15H18N4O2S/c20-22(21,14-6-3-8-16-11-14)18-13-5-4-10-19(12-13)15-7-1-2-9-17-15/h1-3,6-9,11,13,18H,4-5,10,12H2/t13-/m1/s1. The number of hydrogen-bond acceptors (Lipinski definition) is 5. The Morgan fingerprint density at radius 1 is 1.18 bits per heavy atom. The van der Waals surface area contributed by atoms with Gasteiger partial charge in [-0.25, -0.2) is 18.1 Å². The number of rotatable bonds is 4. The van der Waals surface area contributed by atoms with Gasteiger partial charge in [-0.05, 0) is 37.1 Å². The van der Waals surface area contributed by atoms with Crippen LogP contribution in [0.2, 0.25) is 0 Å². The molecule has 1 atom stereocenters. The van der Waals surface area contributed by atoms with Crippen molar-refractivity contribution in [3.63, 3.8) is 0 Å². The first-order valence-corrected chi connectivity index (χ1v) is 8.72. The Hall–Kier alpha value is -1.99. The molecule has 7 heteroatoms. The average molecular weight is 318 g/mol. The molecule has 3 heterocycles. The monoisotopic (exact) mass is 318 g/mol. The van der Waals surface area contributed by atoms with Crippen molar-refractivity contribution in [1.29, 1.82) is 0 Å². The number of piperidine rings is 1. The van der Waals surface area contributed by atoms with E-state index < -0.39 is 10.0 Å². The molecule has 116 valence electrons. The lowest BCUT2D eigenvalue weighted by Crippen LogP contribution is -2.48. The summed E-state index contributed by atoms with van der Waals surface area (Å²) in [6.07, 6.45) is 6.42. The Bertz CT molecular complexity index is 707. The van der Waals surface area contributed by atoms with Gasteiger partial charge < -0.3 is 4.90 Å². The van der Waals surface area contributed by atoms with E-state index in [1.165, 1.54) is 6.20 Å². The predicted octanol–water partition coefficient (Wildman–Crippen LogP) is 1.42. The molecule has 0 saturated carbocycles. The van der Waals surface area contributed by atoms with Crippen LogP contribution in [0.4, 0.5) is 5.82 Å². The number of nitrogens with zero attached hydrogens (tertiary/aromatic N) is 3. The van der Waals surface area contributed by atoms with E-state index in [-0.39, 0.29) is 10.9 Å². The third-order valence-electron chi connectivity index (χ3n) is 3.66. The van der Waals surface area contributed by atoms with Crippen molar-refractivity contribution < 1.29 is 8.42 Å². The SMILES string of the molecule is O=S(=O)(N[C@@H]1CCCN(c2ccccn2)C1)c1cccnc1. The van der Waals surface area contributed by atoms with Gasteiger partial charge in [0.2, 0.25) is 10.0 Å². The molecule has 1 aliphatic heterocycles. The molecule has 0 amide bonds. The van der Waals surface area contributed by atoms with Crippen LogP contribution in [0.1, 0.15) is 12.8 Å². The first-order valence-electron chi connectivity index (χ1n) is 7.23. The lowest BCUT2D eigenvalue weighted by molar-refractivity contribution is 0.464. The van der Waals surface area contributed by atoms with Crippen LogP contribution in [0.25, 0.3) is 0 Å². The highest BCUT2D eigenvalue weighted by Crippen LogP contribution is 2.18. The van der Waals surface area contributed by atoms with Gasteiger partial charge in [0.05, 0.1) is 0 Å². The molecule has 2 aromatic rings. The molecule has 3 rings (SSSR count). The number of hydrogen-bond donors (Lipinski definition) is 1. The smallest absolute Gasteiger partial charge is 0.242 e. The van der Waals surface area contributed by atoms with Gasteiger partial charge in [0, 0.05) is 37.7 Å². The Morgan fingerprint density at radius 3 is 2.82 bits per heavy atom. The maximum Gasteiger partial charge on any atom is 0.242 e. The van der Waals surface area contributed by atoms with E-state index in [4.69, 9.17) is 0 Å². The second-order valence-corrected chi connectivity index (χ2v) is 7.00. The highest BCUT2D eigenvalue weighted by atomic mass is 32.2. The summed E-state index contributed by atoms with van der Waals surface area (Å²) in [4.78, 5) is 10.5. The van der Waals surface area contributed by atoms with Crippen LogP contribution >= 0.6 is 0 Å². The summed E-state index contributed by atoms with van der Waals surface area (Å²) in [6, 6.07) is 8.80. The fraction of sp³-hybridized carbons (Fsp3) is 0.333. The predicted molar refractivity (Wildman–Crippen MR) is 84.0 cm³/mol. The summed E-state index contributed by atoms with van der Waals surface area (Å²) < 4.78 is 27.5. The number of nitrogens with one attached hydrogen (secondary N) is 1. The van der Waals surface area contributed by atoms with Crippen LogP contribution in [0.5, 0.6) is 0 Å². The van der Waals surface area contributed by atoms with Gasteiger partial charge in [0.15, 0.2) is 0 Å². The third-order valence-corrected chi connectivity index (χ3v) is 5.17. The second kappa shape index (κ2) is 6.41. The summed E-state index contributed by atoms with van der Waals surface area (Å²) in [6.45, 7) is 1.51.